The largest absolute Gasteiger partial charge is 0.455 e. The Balaban J connectivity index is 1.09. The number of aromatic nitrogens is 5. The molecule has 0 radical (unpaired) electrons. The van der Waals surface area contributed by atoms with E-state index in [1.165, 1.54) is 0 Å². The molecule has 0 N–H and O–H groups in total. The summed E-state index contributed by atoms with van der Waals surface area (Å²) >= 11 is 0. The Morgan fingerprint density at radius 3 is 1.49 bits per heavy atom. The highest BCUT2D eigenvalue weighted by atomic mass is 16.3. The Kier molecular flexibility index (Phi) is 9.39. The molecule has 0 spiro atoms. The molecule has 0 amide bonds. The zero-order chi connectivity index (χ0) is 45.0. The van der Waals surface area contributed by atoms with Crippen molar-refractivity contribution in [3.8, 4) is 84.5 Å². The maximum absolute atomic E-state index is 7.01. The summed E-state index contributed by atoms with van der Waals surface area (Å²) in [5, 5.41) is 4.17. The quantitative estimate of drug-likeness (QED) is 0.152. The molecule has 0 aliphatic rings. The van der Waals surface area contributed by atoms with Crippen LogP contribution in [-0.4, -0.2) is 24.5 Å². The Morgan fingerprint density at radius 1 is 0.338 bits per heavy atom. The van der Waals surface area contributed by atoms with Crippen LogP contribution in [0.2, 0.25) is 0 Å². The van der Waals surface area contributed by atoms with E-state index in [4.69, 9.17) is 24.4 Å². The molecule has 13 aromatic rings. The van der Waals surface area contributed by atoms with E-state index in [0.717, 1.165) is 111 Å². The third kappa shape index (κ3) is 6.74. The minimum Gasteiger partial charge on any atom is -0.455 e. The standard InChI is InChI=1S/C62H39N5O/c1-6-19-40(20-7-1)44-35-45(41-21-8-2-9-22-41)37-46(36-44)47-38-52(62-65-60(42-23-10-3-11-24-42)64-61(66-62)43-25-12-4-13-26-43)58(63-39-47)50-30-18-32-55-56(50)51-33-34-54-57(59(51)68-55)49-29-16-17-31-53(49)67(54)48-27-14-5-15-28-48/h1-39H. The van der Waals surface area contributed by atoms with Gasteiger partial charge in [0.25, 0.3) is 0 Å². The van der Waals surface area contributed by atoms with Crippen molar-refractivity contribution in [1.82, 2.24) is 24.5 Å². The topological polar surface area (TPSA) is 69.6 Å². The van der Waals surface area contributed by atoms with E-state index in [9.17, 15) is 0 Å². The molecule has 4 heterocycles. The van der Waals surface area contributed by atoms with Crippen molar-refractivity contribution in [2.75, 3.05) is 0 Å². The number of furan rings is 1. The maximum atomic E-state index is 7.01. The Hall–Kier alpha value is -9.26. The third-order valence-electron chi connectivity index (χ3n) is 12.9. The van der Waals surface area contributed by atoms with Crippen molar-refractivity contribution in [2.24, 2.45) is 0 Å². The molecule has 0 saturated carbocycles. The van der Waals surface area contributed by atoms with Gasteiger partial charge in [0, 0.05) is 55.9 Å². The molecule has 0 aliphatic heterocycles. The predicted molar refractivity (Wildman–Crippen MR) is 277 cm³/mol. The summed E-state index contributed by atoms with van der Waals surface area (Å²) < 4.78 is 9.33. The van der Waals surface area contributed by atoms with Crippen molar-refractivity contribution < 1.29 is 4.42 Å². The van der Waals surface area contributed by atoms with Crippen molar-refractivity contribution in [3.05, 3.63) is 237 Å². The lowest BCUT2D eigenvalue weighted by Crippen LogP contribution is -2.02. The molecule has 0 saturated heterocycles. The lowest BCUT2D eigenvalue weighted by Gasteiger charge is -2.15. The Bertz CT molecular complexity index is 3880. The zero-order valence-electron chi connectivity index (χ0n) is 36.7. The smallest absolute Gasteiger partial charge is 0.166 e. The van der Waals surface area contributed by atoms with E-state index in [1.807, 2.05) is 66.9 Å². The van der Waals surface area contributed by atoms with Crippen molar-refractivity contribution >= 4 is 43.7 Å². The van der Waals surface area contributed by atoms with Crippen LogP contribution in [0.25, 0.3) is 128 Å². The highest BCUT2D eigenvalue weighted by molar-refractivity contribution is 6.25. The maximum Gasteiger partial charge on any atom is 0.166 e. The van der Waals surface area contributed by atoms with Gasteiger partial charge in [-0.3, -0.25) is 4.98 Å². The fourth-order valence-electron chi connectivity index (χ4n) is 9.71. The van der Waals surface area contributed by atoms with E-state index in [1.54, 1.807) is 0 Å². The van der Waals surface area contributed by atoms with E-state index >= 15 is 0 Å². The second-order valence-electron chi connectivity index (χ2n) is 17.0. The molecule has 318 valence electrons. The molecular weight excluding hydrogens is 831 g/mol. The fourth-order valence-corrected chi connectivity index (χ4v) is 9.71. The first kappa shape index (κ1) is 39.1. The average Bonchev–Trinajstić information content (AvgIpc) is 3.98. The first-order valence-electron chi connectivity index (χ1n) is 22.8. The van der Waals surface area contributed by atoms with E-state index in [-0.39, 0.29) is 0 Å². The van der Waals surface area contributed by atoms with Gasteiger partial charge in [0.15, 0.2) is 17.5 Å². The van der Waals surface area contributed by atoms with Crippen molar-refractivity contribution in [1.29, 1.82) is 0 Å². The molecule has 4 aromatic heterocycles. The number of nitrogens with zero attached hydrogens (tertiary/aromatic N) is 5. The van der Waals surface area contributed by atoms with Gasteiger partial charge in [0.05, 0.1) is 22.1 Å². The van der Waals surface area contributed by atoms with Crippen LogP contribution in [0.1, 0.15) is 0 Å². The molecule has 0 aliphatic carbocycles. The van der Waals surface area contributed by atoms with Gasteiger partial charge in [-0.05, 0) is 88.5 Å². The molecule has 0 unspecified atom stereocenters. The van der Waals surface area contributed by atoms with Gasteiger partial charge in [-0.25, -0.2) is 15.0 Å². The summed E-state index contributed by atoms with van der Waals surface area (Å²) in [5.41, 5.74) is 15.5. The van der Waals surface area contributed by atoms with Crippen LogP contribution in [-0.2, 0) is 0 Å². The second-order valence-corrected chi connectivity index (χ2v) is 17.0. The van der Waals surface area contributed by atoms with Crippen LogP contribution >= 0.6 is 0 Å². The molecule has 0 bridgehead atoms. The van der Waals surface area contributed by atoms with Gasteiger partial charge in [-0.1, -0.05) is 170 Å². The molecular formula is C62H39N5O. The highest BCUT2D eigenvalue weighted by Gasteiger charge is 2.24. The summed E-state index contributed by atoms with van der Waals surface area (Å²) in [6.45, 7) is 0. The van der Waals surface area contributed by atoms with Gasteiger partial charge in [-0.2, -0.15) is 0 Å². The van der Waals surface area contributed by atoms with E-state index in [0.29, 0.717) is 17.5 Å². The number of para-hydroxylation sites is 2. The zero-order valence-corrected chi connectivity index (χ0v) is 36.7. The summed E-state index contributed by atoms with van der Waals surface area (Å²) in [6, 6.07) is 80.0. The Morgan fingerprint density at radius 2 is 0.868 bits per heavy atom. The number of hydrogen-bond donors (Lipinski definition) is 0. The SMILES string of the molecule is c1ccc(-c2cc(-c3ccccc3)cc(-c3cnc(-c4cccc5oc6c(ccc7c6c6ccccc6n7-c6ccccc6)c45)c(-c4nc(-c5ccccc5)nc(-c5ccccc5)n4)c3)c2)cc1. The van der Waals surface area contributed by atoms with Gasteiger partial charge in [-0.15, -0.1) is 0 Å². The summed E-state index contributed by atoms with van der Waals surface area (Å²) in [4.78, 5) is 21.1. The Labute approximate surface area is 392 Å². The van der Waals surface area contributed by atoms with Gasteiger partial charge < -0.3 is 8.98 Å². The number of rotatable bonds is 8. The van der Waals surface area contributed by atoms with E-state index in [2.05, 4.69) is 174 Å². The van der Waals surface area contributed by atoms with Crippen LogP contribution in [0.3, 0.4) is 0 Å². The van der Waals surface area contributed by atoms with Gasteiger partial charge in [0.1, 0.15) is 11.2 Å². The van der Waals surface area contributed by atoms with Gasteiger partial charge >= 0.3 is 0 Å². The van der Waals surface area contributed by atoms with Gasteiger partial charge in [0.2, 0.25) is 0 Å². The minimum absolute atomic E-state index is 0.516. The van der Waals surface area contributed by atoms with Crippen LogP contribution < -0.4 is 0 Å². The predicted octanol–water partition coefficient (Wildman–Crippen LogP) is 15.9. The van der Waals surface area contributed by atoms with Crippen molar-refractivity contribution in [2.45, 2.75) is 0 Å². The third-order valence-corrected chi connectivity index (χ3v) is 12.9. The first-order chi connectivity index (χ1) is 33.7. The molecule has 0 atom stereocenters. The van der Waals surface area contributed by atoms with Crippen molar-refractivity contribution in [3.63, 3.8) is 0 Å². The number of pyridine rings is 1. The number of benzene rings is 9. The second kappa shape index (κ2) is 16.3. The molecule has 68 heavy (non-hydrogen) atoms. The van der Waals surface area contributed by atoms with Crippen LogP contribution in [0.4, 0.5) is 0 Å². The number of fused-ring (bicyclic) bond motifs is 7. The van der Waals surface area contributed by atoms with E-state index < -0.39 is 0 Å². The van der Waals surface area contributed by atoms with Crippen LogP contribution in [0, 0.1) is 0 Å². The lowest BCUT2D eigenvalue weighted by atomic mass is 9.92. The van der Waals surface area contributed by atoms with Crippen LogP contribution in [0.5, 0.6) is 0 Å². The molecule has 6 nitrogen and oxygen atoms in total. The monoisotopic (exact) mass is 869 g/mol. The average molecular weight is 870 g/mol. The molecule has 6 heteroatoms. The number of hydrogen-bond acceptors (Lipinski definition) is 5. The fraction of sp³-hybridized carbons (Fsp3) is 0. The highest BCUT2D eigenvalue weighted by Crippen LogP contribution is 2.45. The lowest BCUT2D eigenvalue weighted by molar-refractivity contribution is 0.673. The normalized spacial score (nSPS) is 11.5. The summed E-state index contributed by atoms with van der Waals surface area (Å²) in [5.74, 6) is 1.67. The summed E-state index contributed by atoms with van der Waals surface area (Å²) in [6.07, 6.45) is 1.99. The minimum atomic E-state index is 0.516. The molecule has 13 rings (SSSR count). The summed E-state index contributed by atoms with van der Waals surface area (Å²) in [7, 11) is 0. The van der Waals surface area contributed by atoms with Crippen LogP contribution in [0.15, 0.2) is 241 Å². The molecule has 9 aromatic carbocycles. The molecule has 0 fully saturated rings. The first-order valence-corrected chi connectivity index (χ1v) is 22.8.